The van der Waals surface area contributed by atoms with Crippen LogP contribution in [0, 0.1) is 11.8 Å². The zero-order valence-corrected chi connectivity index (χ0v) is 11.9. The SMILES string of the molecule is CCC(C)C(C)(O)C1CC(C)(C)OC1(C)C. The van der Waals surface area contributed by atoms with Gasteiger partial charge in [0.2, 0.25) is 0 Å². The Hall–Kier alpha value is -0.0800. The third-order valence-corrected chi connectivity index (χ3v) is 4.39. The molecule has 1 aliphatic heterocycles. The molecule has 0 aromatic rings. The van der Waals surface area contributed by atoms with Gasteiger partial charge in [-0.25, -0.2) is 0 Å². The van der Waals surface area contributed by atoms with Crippen LogP contribution in [0.1, 0.15) is 61.3 Å². The molecule has 0 bridgehead atoms. The van der Waals surface area contributed by atoms with Crippen LogP contribution in [0.2, 0.25) is 0 Å². The summed E-state index contributed by atoms with van der Waals surface area (Å²) in [5, 5.41) is 10.8. The Kier molecular flexibility index (Phi) is 3.49. The highest BCUT2D eigenvalue weighted by Crippen LogP contribution is 2.49. The second kappa shape index (κ2) is 3.99. The fourth-order valence-electron chi connectivity index (χ4n) is 3.23. The van der Waals surface area contributed by atoms with E-state index in [1.165, 1.54) is 0 Å². The van der Waals surface area contributed by atoms with Gasteiger partial charge in [-0.2, -0.15) is 0 Å². The molecule has 0 radical (unpaired) electrons. The molecular weight excluding hydrogens is 200 g/mol. The summed E-state index contributed by atoms with van der Waals surface area (Å²) in [6.07, 6.45) is 1.93. The molecule has 16 heavy (non-hydrogen) atoms. The number of aliphatic hydroxyl groups is 1. The summed E-state index contributed by atoms with van der Waals surface area (Å²) >= 11 is 0. The van der Waals surface area contributed by atoms with E-state index >= 15 is 0 Å². The molecule has 0 aliphatic carbocycles. The Morgan fingerprint density at radius 1 is 1.38 bits per heavy atom. The molecule has 1 rings (SSSR count). The average Bonchev–Trinajstić information content (AvgIpc) is 2.33. The van der Waals surface area contributed by atoms with Crippen molar-refractivity contribution in [3.05, 3.63) is 0 Å². The smallest absolute Gasteiger partial charge is 0.0701 e. The van der Waals surface area contributed by atoms with Crippen LogP contribution in [0.3, 0.4) is 0 Å². The highest BCUT2D eigenvalue weighted by atomic mass is 16.5. The first-order valence-electron chi connectivity index (χ1n) is 6.45. The first-order valence-corrected chi connectivity index (χ1v) is 6.45. The summed E-state index contributed by atoms with van der Waals surface area (Å²) in [4.78, 5) is 0. The molecule has 0 spiro atoms. The van der Waals surface area contributed by atoms with Crippen LogP contribution >= 0.6 is 0 Å². The van der Waals surface area contributed by atoms with Gasteiger partial charge in [-0.05, 0) is 47.0 Å². The number of rotatable bonds is 3. The van der Waals surface area contributed by atoms with Crippen molar-refractivity contribution in [3.8, 4) is 0 Å². The minimum Gasteiger partial charge on any atom is -0.389 e. The molecular formula is C14H28O2. The molecule has 1 heterocycles. The van der Waals surface area contributed by atoms with Crippen molar-refractivity contribution in [2.24, 2.45) is 11.8 Å². The summed E-state index contributed by atoms with van der Waals surface area (Å²) in [5.41, 5.74) is -1.01. The van der Waals surface area contributed by atoms with E-state index in [2.05, 4.69) is 41.5 Å². The van der Waals surface area contributed by atoms with Crippen LogP contribution in [0.25, 0.3) is 0 Å². The van der Waals surface area contributed by atoms with Gasteiger partial charge in [0.25, 0.3) is 0 Å². The van der Waals surface area contributed by atoms with Crippen molar-refractivity contribution in [1.29, 1.82) is 0 Å². The summed E-state index contributed by atoms with van der Waals surface area (Å²) in [6, 6.07) is 0. The fraction of sp³-hybridized carbons (Fsp3) is 1.00. The Balaban J connectivity index is 2.96. The van der Waals surface area contributed by atoms with E-state index in [4.69, 9.17) is 4.74 Å². The van der Waals surface area contributed by atoms with E-state index in [9.17, 15) is 5.11 Å². The number of hydrogen-bond acceptors (Lipinski definition) is 2. The zero-order chi connectivity index (χ0) is 12.8. The Morgan fingerprint density at radius 2 is 1.88 bits per heavy atom. The quantitative estimate of drug-likeness (QED) is 0.802. The molecule has 0 aromatic heterocycles. The lowest BCUT2D eigenvalue weighted by Crippen LogP contribution is -2.48. The van der Waals surface area contributed by atoms with Gasteiger partial charge >= 0.3 is 0 Å². The summed E-state index contributed by atoms with van der Waals surface area (Å²) in [5.74, 6) is 0.499. The molecule has 96 valence electrons. The highest BCUT2D eigenvalue weighted by molar-refractivity contribution is 5.03. The van der Waals surface area contributed by atoms with Crippen molar-refractivity contribution in [2.75, 3.05) is 0 Å². The molecule has 3 unspecified atom stereocenters. The van der Waals surface area contributed by atoms with Crippen LogP contribution in [0.4, 0.5) is 0 Å². The van der Waals surface area contributed by atoms with Gasteiger partial charge in [0.05, 0.1) is 16.8 Å². The fourth-order valence-corrected chi connectivity index (χ4v) is 3.23. The number of ether oxygens (including phenoxy) is 1. The Labute approximate surface area is 100 Å². The van der Waals surface area contributed by atoms with Crippen LogP contribution < -0.4 is 0 Å². The summed E-state index contributed by atoms with van der Waals surface area (Å²) in [6.45, 7) is 14.7. The largest absolute Gasteiger partial charge is 0.389 e. The predicted molar refractivity (Wildman–Crippen MR) is 67.4 cm³/mol. The molecule has 1 aliphatic rings. The first-order chi connectivity index (χ1) is 7.03. The van der Waals surface area contributed by atoms with Gasteiger partial charge in [0.1, 0.15) is 0 Å². The van der Waals surface area contributed by atoms with Gasteiger partial charge in [0.15, 0.2) is 0 Å². The second-order valence-corrected chi connectivity index (χ2v) is 6.76. The summed E-state index contributed by atoms with van der Waals surface area (Å²) in [7, 11) is 0. The molecule has 2 heteroatoms. The maximum Gasteiger partial charge on any atom is 0.0701 e. The van der Waals surface area contributed by atoms with Gasteiger partial charge in [-0.3, -0.25) is 0 Å². The third-order valence-electron chi connectivity index (χ3n) is 4.39. The lowest BCUT2D eigenvalue weighted by Gasteiger charge is -2.41. The van der Waals surface area contributed by atoms with E-state index in [0.717, 1.165) is 12.8 Å². The molecule has 3 atom stereocenters. The lowest BCUT2D eigenvalue weighted by molar-refractivity contribution is -0.124. The average molecular weight is 228 g/mol. The minimum atomic E-state index is -0.647. The van der Waals surface area contributed by atoms with E-state index in [-0.39, 0.29) is 17.1 Å². The molecule has 1 N–H and O–H groups in total. The van der Waals surface area contributed by atoms with Gasteiger partial charge < -0.3 is 9.84 Å². The molecule has 1 saturated heterocycles. The van der Waals surface area contributed by atoms with Gasteiger partial charge in [-0.1, -0.05) is 20.3 Å². The van der Waals surface area contributed by atoms with Crippen LogP contribution in [-0.4, -0.2) is 21.9 Å². The maximum atomic E-state index is 10.8. The molecule has 2 nitrogen and oxygen atoms in total. The molecule has 1 fully saturated rings. The van der Waals surface area contributed by atoms with Crippen LogP contribution in [0.5, 0.6) is 0 Å². The van der Waals surface area contributed by atoms with Crippen molar-refractivity contribution >= 4 is 0 Å². The van der Waals surface area contributed by atoms with Crippen molar-refractivity contribution in [2.45, 2.75) is 78.1 Å². The zero-order valence-electron chi connectivity index (χ0n) is 11.9. The Morgan fingerprint density at radius 3 is 2.19 bits per heavy atom. The minimum absolute atomic E-state index is 0.119. The van der Waals surface area contributed by atoms with E-state index in [1.807, 2.05) is 6.92 Å². The standard InChI is InChI=1S/C14H28O2/c1-8-10(2)14(7,15)11-9-12(3,4)16-13(11,5)6/h10-11,15H,8-9H2,1-7H3. The number of hydrogen-bond donors (Lipinski definition) is 1. The normalized spacial score (nSPS) is 33.4. The second-order valence-electron chi connectivity index (χ2n) is 6.76. The van der Waals surface area contributed by atoms with Crippen molar-refractivity contribution in [1.82, 2.24) is 0 Å². The lowest BCUT2D eigenvalue weighted by atomic mass is 9.69. The topological polar surface area (TPSA) is 29.5 Å². The van der Waals surface area contributed by atoms with E-state index in [1.54, 1.807) is 0 Å². The monoisotopic (exact) mass is 228 g/mol. The van der Waals surface area contributed by atoms with E-state index in [0.29, 0.717) is 5.92 Å². The Bertz CT molecular complexity index is 253. The highest BCUT2D eigenvalue weighted by Gasteiger charge is 2.54. The van der Waals surface area contributed by atoms with Crippen LogP contribution in [0.15, 0.2) is 0 Å². The van der Waals surface area contributed by atoms with Gasteiger partial charge in [-0.15, -0.1) is 0 Å². The van der Waals surface area contributed by atoms with Gasteiger partial charge in [0, 0.05) is 5.92 Å². The predicted octanol–water partition coefficient (Wildman–Crippen LogP) is 3.38. The third kappa shape index (κ3) is 2.43. The van der Waals surface area contributed by atoms with Crippen LogP contribution in [-0.2, 0) is 4.74 Å². The molecule has 0 saturated carbocycles. The van der Waals surface area contributed by atoms with Crippen molar-refractivity contribution < 1.29 is 9.84 Å². The van der Waals surface area contributed by atoms with Crippen molar-refractivity contribution in [3.63, 3.8) is 0 Å². The van der Waals surface area contributed by atoms with E-state index < -0.39 is 5.60 Å². The molecule has 0 aromatic carbocycles. The molecule has 0 amide bonds. The summed E-state index contributed by atoms with van der Waals surface area (Å²) < 4.78 is 6.07. The maximum absolute atomic E-state index is 10.8. The first kappa shape index (κ1) is 14.0.